The zero-order valence-electron chi connectivity index (χ0n) is 10.9. The van der Waals surface area contributed by atoms with Crippen molar-refractivity contribution in [2.75, 3.05) is 6.61 Å². The van der Waals surface area contributed by atoms with Crippen LogP contribution in [0.5, 0.6) is 0 Å². The summed E-state index contributed by atoms with van der Waals surface area (Å²) in [6, 6.07) is 10.7. The van der Waals surface area contributed by atoms with Crippen LogP contribution in [0.3, 0.4) is 0 Å². The van der Waals surface area contributed by atoms with Crippen molar-refractivity contribution in [3.63, 3.8) is 0 Å². The van der Waals surface area contributed by atoms with Crippen LogP contribution in [-0.2, 0) is 4.74 Å². The number of aromatic nitrogens is 1. The van der Waals surface area contributed by atoms with E-state index in [4.69, 9.17) is 4.74 Å². The van der Waals surface area contributed by atoms with Crippen LogP contribution in [0.1, 0.15) is 23.0 Å². The minimum absolute atomic E-state index is 0.232. The van der Waals surface area contributed by atoms with Gasteiger partial charge in [-0.3, -0.25) is 4.79 Å². The predicted octanol–water partition coefficient (Wildman–Crippen LogP) is 2.53. The van der Waals surface area contributed by atoms with E-state index in [0.717, 1.165) is 5.56 Å². The van der Waals surface area contributed by atoms with Crippen molar-refractivity contribution in [2.45, 2.75) is 13.8 Å². The molecule has 0 aliphatic carbocycles. The van der Waals surface area contributed by atoms with E-state index in [1.54, 1.807) is 13.8 Å². The van der Waals surface area contributed by atoms with Crippen LogP contribution >= 0.6 is 0 Å². The highest BCUT2D eigenvalue weighted by Gasteiger charge is 2.17. The Morgan fingerprint density at radius 3 is 2.58 bits per heavy atom. The van der Waals surface area contributed by atoms with Crippen molar-refractivity contribution >= 4 is 5.97 Å². The summed E-state index contributed by atoms with van der Waals surface area (Å²) >= 11 is 0. The topological polar surface area (TPSA) is 59.2 Å². The van der Waals surface area contributed by atoms with Gasteiger partial charge in [0.1, 0.15) is 0 Å². The number of H-pyrrole nitrogens is 1. The van der Waals surface area contributed by atoms with Crippen molar-refractivity contribution in [3.05, 3.63) is 58.0 Å². The first-order chi connectivity index (χ1) is 9.13. The van der Waals surface area contributed by atoms with Gasteiger partial charge in [-0.05, 0) is 19.4 Å². The maximum atomic E-state index is 12.0. The number of hydrogen-bond acceptors (Lipinski definition) is 3. The standard InChI is InChI=1S/C15H15NO3/c1-3-19-15(18)14-10(2)16-13(17)9-12(14)11-7-5-4-6-8-11/h4-9H,3H2,1-2H3,(H,16,17). The van der Waals surface area contributed by atoms with E-state index < -0.39 is 5.97 Å². The number of aryl methyl sites for hydroxylation is 1. The number of benzene rings is 1. The van der Waals surface area contributed by atoms with E-state index in [-0.39, 0.29) is 5.56 Å². The number of nitrogens with one attached hydrogen (secondary N) is 1. The van der Waals surface area contributed by atoms with Crippen molar-refractivity contribution in [2.24, 2.45) is 0 Å². The fourth-order valence-electron chi connectivity index (χ4n) is 2.00. The second kappa shape index (κ2) is 5.52. The zero-order chi connectivity index (χ0) is 13.8. The summed E-state index contributed by atoms with van der Waals surface area (Å²) in [5, 5.41) is 0. The molecule has 0 aliphatic heterocycles. The molecule has 98 valence electrons. The number of hydrogen-bond donors (Lipinski definition) is 1. The largest absolute Gasteiger partial charge is 0.462 e. The first kappa shape index (κ1) is 13.1. The SMILES string of the molecule is CCOC(=O)c1c(-c2ccccc2)cc(=O)[nH]c1C. The highest BCUT2D eigenvalue weighted by atomic mass is 16.5. The molecule has 0 atom stereocenters. The number of carbonyl (C=O) groups excluding carboxylic acids is 1. The summed E-state index contributed by atoms with van der Waals surface area (Å²) in [5.74, 6) is -0.421. The number of esters is 1. The Labute approximate surface area is 111 Å². The molecule has 2 aromatic rings. The average molecular weight is 257 g/mol. The summed E-state index contributed by atoms with van der Waals surface area (Å²) in [5.41, 5.74) is 2.11. The molecule has 0 fully saturated rings. The molecule has 0 radical (unpaired) electrons. The molecule has 2 rings (SSSR count). The first-order valence-corrected chi connectivity index (χ1v) is 6.10. The van der Waals surface area contributed by atoms with Gasteiger partial charge in [-0.25, -0.2) is 4.79 Å². The molecule has 0 spiro atoms. The van der Waals surface area contributed by atoms with E-state index >= 15 is 0 Å². The third kappa shape index (κ3) is 2.73. The summed E-state index contributed by atoms with van der Waals surface area (Å²) < 4.78 is 5.05. The lowest BCUT2D eigenvalue weighted by atomic mass is 9.99. The Balaban J connectivity index is 2.65. The molecule has 1 N–H and O–H groups in total. The van der Waals surface area contributed by atoms with Gasteiger partial charge in [-0.15, -0.1) is 0 Å². The number of pyridine rings is 1. The van der Waals surface area contributed by atoms with Crippen LogP contribution < -0.4 is 5.56 Å². The molecule has 0 saturated heterocycles. The van der Waals surface area contributed by atoms with Crippen molar-refractivity contribution in [1.82, 2.24) is 4.98 Å². The summed E-state index contributed by atoms with van der Waals surface area (Å²) in [7, 11) is 0. The molecule has 0 amide bonds. The Morgan fingerprint density at radius 1 is 1.26 bits per heavy atom. The van der Waals surface area contributed by atoms with E-state index in [1.165, 1.54) is 6.07 Å². The highest BCUT2D eigenvalue weighted by Crippen LogP contribution is 2.24. The van der Waals surface area contributed by atoms with Crippen LogP contribution in [-0.4, -0.2) is 17.6 Å². The van der Waals surface area contributed by atoms with Gasteiger partial charge in [0.15, 0.2) is 0 Å². The molecule has 4 nitrogen and oxygen atoms in total. The smallest absolute Gasteiger partial charge is 0.340 e. The molecule has 1 heterocycles. The molecule has 1 aromatic heterocycles. The molecule has 0 aliphatic rings. The lowest BCUT2D eigenvalue weighted by Crippen LogP contribution is -2.16. The second-order valence-electron chi connectivity index (χ2n) is 4.13. The Kier molecular flexibility index (Phi) is 3.80. The summed E-state index contributed by atoms with van der Waals surface area (Å²) in [6.07, 6.45) is 0. The molecular weight excluding hydrogens is 242 g/mol. The quantitative estimate of drug-likeness (QED) is 0.859. The number of carbonyl (C=O) groups is 1. The van der Waals surface area contributed by atoms with Gasteiger partial charge in [0.2, 0.25) is 5.56 Å². The maximum absolute atomic E-state index is 12.0. The van der Waals surface area contributed by atoms with E-state index in [9.17, 15) is 9.59 Å². The molecular formula is C15H15NO3. The zero-order valence-corrected chi connectivity index (χ0v) is 10.9. The maximum Gasteiger partial charge on any atom is 0.340 e. The number of ether oxygens (including phenoxy) is 1. The molecule has 4 heteroatoms. The third-order valence-electron chi connectivity index (χ3n) is 2.79. The predicted molar refractivity (Wildman–Crippen MR) is 73.2 cm³/mol. The van der Waals surface area contributed by atoms with Crippen LogP contribution in [0.2, 0.25) is 0 Å². The monoisotopic (exact) mass is 257 g/mol. The van der Waals surface area contributed by atoms with Crippen LogP contribution in [0, 0.1) is 6.92 Å². The molecule has 0 bridgehead atoms. The van der Waals surface area contributed by atoms with Crippen LogP contribution in [0.25, 0.3) is 11.1 Å². The first-order valence-electron chi connectivity index (χ1n) is 6.10. The molecule has 0 unspecified atom stereocenters. The third-order valence-corrected chi connectivity index (χ3v) is 2.79. The Morgan fingerprint density at radius 2 is 1.95 bits per heavy atom. The Hall–Kier alpha value is -2.36. The van der Waals surface area contributed by atoms with Crippen LogP contribution in [0.15, 0.2) is 41.2 Å². The molecule has 1 aromatic carbocycles. The minimum Gasteiger partial charge on any atom is -0.462 e. The lowest BCUT2D eigenvalue weighted by Gasteiger charge is -2.11. The van der Waals surface area contributed by atoms with Crippen molar-refractivity contribution in [3.8, 4) is 11.1 Å². The number of aromatic amines is 1. The highest BCUT2D eigenvalue weighted by molar-refractivity contribution is 5.98. The molecule has 19 heavy (non-hydrogen) atoms. The molecule has 0 saturated carbocycles. The number of rotatable bonds is 3. The minimum atomic E-state index is -0.421. The van der Waals surface area contributed by atoms with Gasteiger partial charge in [0.05, 0.1) is 12.2 Å². The van der Waals surface area contributed by atoms with E-state index in [0.29, 0.717) is 23.4 Å². The van der Waals surface area contributed by atoms with Gasteiger partial charge >= 0.3 is 5.97 Å². The van der Waals surface area contributed by atoms with Gasteiger partial charge in [0, 0.05) is 17.3 Å². The summed E-state index contributed by atoms with van der Waals surface area (Å²) in [6.45, 7) is 3.74. The van der Waals surface area contributed by atoms with Crippen LogP contribution in [0.4, 0.5) is 0 Å². The summed E-state index contributed by atoms with van der Waals surface area (Å²) in [4.78, 5) is 26.3. The average Bonchev–Trinajstić information content (AvgIpc) is 2.39. The van der Waals surface area contributed by atoms with Gasteiger partial charge in [-0.2, -0.15) is 0 Å². The van der Waals surface area contributed by atoms with Gasteiger partial charge in [0.25, 0.3) is 0 Å². The van der Waals surface area contributed by atoms with Crippen molar-refractivity contribution < 1.29 is 9.53 Å². The van der Waals surface area contributed by atoms with Gasteiger partial charge in [-0.1, -0.05) is 30.3 Å². The normalized spacial score (nSPS) is 10.2. The van der Waals surface area contributed by atoms with E-state index in [2.05, 4.69) is 4.98 Å². The fourth-order valence-corrected chi connectivity index (χ4v) is 2.00. The lowest BCUT2D eigenvalue weighted by molar-refractivity contribution is 0.0526. The second-order valence-corrected chi connectivity index (χ2v) is 4.13. The van der Waals surface area contributed by atoms with Crippen molar-refractivity contribution in [1.29, 1.82) is 0 Å². The van der Waals surface area contributed by atoms with E-state index in [1.807, 2.05) is 30.3 Å². The Bertz CT molecular complexity index is 644. The fraction of sp³-hybridized carbons (Fsp3) is 0.200. The van der Waals surface area contributed by atoms with Gasteiger partial charge < -0.3 is 9.72 Å².